The van der Waals surface area contributed by atoms with Gasteiger partial charge < -0.3 is 5.32 Å². The van der Waals surface area contributed by atoms with Crippen molar-refractivity contribution in [2.24, 2.45) is 0 Å². The van der Waals surface area contributed by atoms with Crippen molar-refractivity contribution in [1.29, 1.82) is 5.26 Å². The Morgan fingerprint density at radius 2 is 1.78 bits per heavy atom. The molecule has 0 aliphatic rings. The minimum Gasteiger partial charge on any atom is -0.385 e. The fraction of sp³-hybridized carbons (Fsp3) is 0.562. The van der Waals surface area contributed by atoms with Crippen LogP contribution in [0.1, 0.15) is 52.0 Å². The van der Waals surface area contributed by atoms with Gasteiger partial charge in [-0.15, -0.1) is 0 Å². The van der Waals surface area contributed by atoms with Gasteiger partial charge in [0.05, 0.1) is 11.5 Å². The zero-order valence-electron chi connectivity index (χ0n) is 11.8. The van der Waals surface area contributed by atoms with E-state index in [9.17, 15) is 0 Å². The van der Waals surface area contributed by atoms with Gasteiger partial charge in [0, 0.05) is 12.2 Å². The van der Waals surface area contributed by atoms with Crippen LogP contribution in [0.5, 0.6) is 0 Å². The Hall–Kier alpha value is -1.49. The summed E-state index contributed by atoms with van der Waals surface area (Å²) in [6.07, 6.45) is 5.11. The monoisotopic (exact) mass is 244 g/mol. The number of unbranched alkanes of at least 4 members (excludes halogenated alkanes) is 3. The molecule has 0 unspecified atom stereocenters. The van der Waals surface area contributed by atoms with Gasteiger partial charge in [-0.2, -0.15) is 5.26 Å². The Morgan fingerprint density at radius 3 is 2.33 bits per heavy atom. The number of hydrogen-bond acceptors (Lipinski definition) is 2. The normalized spacial score (nSPS) is 11.0. The lowest BCUT2D eigenvalue weighted by molar-refractivity contribution is 0.683. The van der Waals surface area contributed by atoms with Crippen LogP contribution < -0.4 is 5.32 Å². The topological polar surface area (TPSA) is 35.8 Å². The second kappa shape index (κ2) is 7.06. The molecule has 0 bridgehead atoms. The van der Waals surface area contributed by atoms with Crippen molar-refractivity contribution < 1.29 is 0 Å². The number of benzene rings is 1. The Bertz CT molecular complexity index is 385. The lowest BCUT2D eigenvalue weighted by Gasteiger charge is -2.16. The molecule has 0 heterocycles. The largest absolute Gasteiger partial charge is 0.385 e. The zero-order chi connectivity index (χ0) is 13.4. The van der Waals surface area contributed by atoms with E-state index in [-0.39, 0.29) is 0 Å². The molecule has 1 aromatic carbocycles. The average molecular weight is 244 g/mol. The van der Waals surface area contributed by atoms with E-state index in [0.29, 0.717) is 0 Å². The van der Waals surface area contributed by atoms with E-state index in [1.165, 1.54) is 25.7 Å². The molecule has 0 saturated carbocycles. The molecule has 1 rings (SSSR count). The highest BCUT2D eigenvalue weighted by atomic mass is 14.9. The summed E-state index contributed by atoms with van der Waals surface area (Å²) in [6, 6.07) is 10.5. The Kier molecular flexibility index (Phi) is 5.71. The maximum atomic E-state index is 9.07. The number of rotatable bonds is 7. The molecule has 0 aromatic heterocycles. The predicted molar refractivity (Wildman–Crippen MR) is 77.7 cm³/mol. The molecular weight excluding hydrogens is 220 g/mol. The van der Waals surface area contributed by atoms with E-state index < -0.39 is 5.41 Å². The van der Waals surface area contributed by atoms with Crippen molar-refractivity contribution in [2.75, 3.05) is 11.9 Å². The molecule has 1 N–H and O–H groups in total. The number of nitrogens with zero attached hydrogens (tertiary/aromatic N) is 1. The van der Waals surface area contributed by atoms with Crippen molar-refractivity contribution in [3.63, 3.8) is 0 Å². The van der Waals surface area contributed by atoms with E-state index in [1.807, 2.05) is 26.0 Å². The maximum Gasteiger partial charge on any atom is 0.0766 e. The summed E-state index contributed by atoms with van der Waals surface area (Å²) in [5.74, 6) is 0. The number of nitriles is 1. The second-order valence-electron chi connectivity index (χ2n) is 5.30. The molecule has 18 heavy (non-hydrogen) atoms. The first-order chi connectivity index (χ1) is 8.60. The first kappa shape index (κ1) is 14.6. The minimum absolute atomic E-state index is 0.403. The van der Waals surface area contributed by atoms with Crippen LogP contribution >= 0.6 is 0 Å². The summed E-state index contributed by atoms with van der Waals surface area (Å²) < 4.78 is 0. The van der Waals surface area contributed by atoms with Crippen molar-refractivity contribution in [2.45, 2.75) is 51.9 Å². The Labute approximate surface area is 111 Å². The van der Waals surface area contributed by atoms with E-state index in [0.717, 1.165) is 17.8 Å². The first-order valence-corrected chi connectivity index (χ1v) is 6.86. The summed E-state index contributed by atoms with van der Waals surface area (Å²) in [7, 11) is 0. The third-order valence-corrected chi connectivity index (χ3v) is 3.25. The fourth-order valence-electron chi connectivity index (χ4n) is 1.85. The van der Waals surface area contributed by atoms with Crippen LogP contribution in [0.3, 0.4) is 0 Å². The summed E-state index contributed by atoms with van der Waals surface area (Å²) in [5.41, 5.74) is 1.81. The SMILES string of the molecule is CCCCCCNc1ccc(C(C)(C)C#N)cc1. The number of hydrogen-bond donors (Lipinski definition) is 1. The van der Waals surface area contributed by atoms with E-state index in [4.69, 9.17) is 5.26 Å². The molecule has 0 amide bonds. The van der Waals surface area contributed by atoms with E-state index >= 15 is 0 Å². The lowest BCUT2D eigenvalue weighted by Crippen LogP contribution is -2.13. The second-order valence-corrected chi connectivity index (χ2v) is 5.30. The molecule has 0 fully saturated rings. The summed E-state index contributed by atoms with van der Waals surface area (Å²) in [4.78, 5) is 0. The molecule has 0 radical (unpaired) electrons. The predicted octanol–water partition coefficient (Wildman–Crippen LogP) is 4.48. The quantitative estimate of drug-likeness (QED) is 0.718. The summed E-state index contributed by atoms with van der Waals surface area (Å²) >= 11 is 0. The van der Waals surface area contributed by atoms with Crippen LogP contribution in [-0.4, -0.2) is 6.54 Å². The minimum atomic E-state index is -0.403. The molecular formula is C16H24N2. The highest BCUT2D eigenvalue weighted by molar-refractivity contribution is 5.46. The average Bonchev–Trinajstić information content (AvgIpc) is 2.39. The van der Waals surface area contributed by atoms with Gasteiger partial charge in [-0.1, -0.05) is 38.3 Å². The van der Waals surface area contributed by atoms with Crippen LogP contribution in [0.25, 0.3) is 0 Å². The van der Waals surface area contributed by atoms with Crippen LogP contribution in [0.4, 0.5) is 5.69 Å². The van der Waals surface area contributed by atoms with Crippen LogP contribution in [-0.2, 0) is 5.41 Å². The lowest BCUT2D eigenvalue weighted by atomic mass is 9.86. The first-order valence-electron chi connectivity index (χ1n) is 6.86. The zero-order valence-corrected chi connectivity index (χ0v) is 11.8. The van der Waals surface area contributed by atoms with Gasteiger partial charge in [0.25, 0.3) is 0 Å². The molecule has 98 valence electrons. The third-order valence-electron chi connectivity index (χ3n) is 3.25. The van der Waals surface area contributed by atoms with Crippen LogP contribution in [0.2, 0.25) is 0 Å². The van der Waals surface area contributed by atoms with Crippen LogP contribution in [0.15, 0.2) is 24.3 Å². The molecule has 0 aliphatic carbocycles. The van der Waals surface area contributed by atoms with Gasteiger partial charge in [-0.25, -0.2) is 0 Å². The third kappa shape index (κ3) is 4.41. The molecule has 2 heteroatoms. The molecule has 0 atom stereocenters. The highest BCUT2D eigenvalue weighted by Gasteiger charge is 2.18. The van der Waals surface area contributed by atoms with E-state index in [1.54, 1.807) is 0 Å². The number of nitrogens with one attached hydrogen (secondary N) is 1. The highest BCUT2D eigenvalue weighted by Crippen LogP contribution is 2.23. The standard InChI is InChI=1S/C16H24N2/c1-4-5-6-7-12-18-15-10-8-14(9-11-15)16(2,3)13-17/h8-11,18H,4-7,12H2,1-3H3. The van der Waals surface area contributed by atoms with Gasteiger partial charge in [-0.05, 0) is 38.0 Å². The van der Waals surface area contributed by atoms with Crippen molar-refractivity contribution in [1.82, 2.24) is 0 Å². The molecule has 0 spiro atoms. The molecule has 1 aromatic rings. The van der Waals surface area contributed by atoms with Gasteiger partial charge in [0.1, 0.15) is 0 Å². The van der Waals surface area contributed by atoms with Crippen LogP contribution in [0, 0.1) is 11.3 Å². The molecule has 0 saturated heterocycles. The summed E-state index contributed by atoms with van der Waals surface area (Å²) in [6.45, 7) is 7.14. The smallest absolute Gasteiger partial charge is 0.0766 e. The Balaban J connectivity index is 2.44. The maximum absolute atomic E-state index is 9.07. The molecule has 0 aliphatic heterocycles. The van der Waals surface area contributed by atoms with Crippen molar-refractivity contribution in [3.05, 3.63) is 29.8 Å². The van der Waals surface area contributed by atoms with Gasteiger partial charge in [0.15, 0.2) is 0 Å². The van der Waals surface area contributed by atoms with Crippen molar-refractivity contribution >= 4 is 5.69 Å². The fourth-order valence-corrected chi connectivity index (χ4v) is 1.85. The van der Waals surface area contributed by atoms with Crippen molar-refractivity contribution in [3.8, 4) is 6.07 Å². The van der Waals surface area contributed by atoms with Gasteiger partial charge in [-0.3, -0.25) is 0 Å². The molecule has 2 nitrogen and oxygen atoms in total. The van der Waals surface area contributed by atoms with Gasteiger partial charge >= 0.3 is 0 Å². The van der Waals surface area contributed by atoms with Gasteiger partial charge in [0.2, 0.25) is 0 Å². The van der Waals surface area contributed by atoms with E-state index in [2.05, 4.69) is 30.4 Å². The summed E-state index contributed by atoms with van der Waals surface area (Å²) in [5, 5.41) is 12.5. The Morgan fingerprint density at radius 1 is 1.11 bits per heavy atom. The number of anilines is 1.